The minimum absolute atomic E-state index is 0.325. The van der Waals surface area contributed by atoms with E-state index in [-0.39, 0.29) is 5.97 Å². The van der Waals surface area contributed by atoms with E-state index in [9.17, 15) is 4.79 Å². The summed E-state index contributed by atoms with van der Waals surface area (Å²) in [6.07, 6.45) is 2.69. The van der Waals surface area contributed by atoms with Gasteiger partial charge in [0.05, 0.1) is 12.7 Å². The summed E-state index contributed by atoms with van der Waals surface area (Å²) in [4.78, 5) is 17.9. The fourth-order valence-corrected chi connectivity index (χ4v) is 1.70. The van der Waals surface area contributed by atoms with Crippen LogP contribution in [-0.2, 0) is 4.74 Å². The minimum Gasteiger partial charge on any atom is -0.465 e. The lowest BCUT2D eigenvalue weighted by molar-refractivity contribution is 0.0600. The largest absolute Gasteiger partial charge is 0.465 e. The van der Waals surface area contributed by atoms with Crippen LogP contribution in [-0.4, -0.2) is 30.6 Å². The normalized spacial score (nSPS) is 10.4. The molecule has 0 bridgehead atoms. The molecule has 1 rings (SSSR count). The number of nitrogens with zero attached hydrogens (tertiary/aromatic N) is 2. The molecule has 0 saturated carbocycles. The lowest BCUT2D eigenvalue weighted by atomic mass is 10.2. The van der Waals surface area contributed by atoms with Gasteiger partial charge in [-0.3, -0.25) is 0 Å². The Morgan fingerprint density at radius 3 is 2.76 bits per heavy atom. The monoisotopic (exact) mass is 236 g/mol. The summed E-state index contributed by atoms with van der Waals surface area (Å²) >= 11 is 0. The smallest absolute Gasteiger partial charge is 0.338 e. The summed E-state index contributed by atoms with van der Waals surface area (Å²) in [5.41, 5.74) is 0.541. The van der Waals surface area contributed by atoms with Crippen molar-refractivity contribution in [2.24, 2.45) is 0 Å². The van der Waals surface area contributed by atoms with Crippen LogP contribution < -0.4 is 4.90 Å². The molecule has 0 spiro atoms. The highest BCUT2D eigenvalue weighted by Crippen LogP contribution is 2.16. The van der Waals surface area contributed by atoms with Gasteiger partial charge in [-0.25, -0.2) is 9.78 Å². The Morgan fingerprint density at radius 2 is 2.24 bits per heavy atom. The van der Waals surface area contributed by atoms with Crippen LogP contribution in [0.15, 0.2) is 18.3 Å². The Hall–Kier alpha value is -1.58. The molecule has 1 aromatic rings. The zero-order valence-corrected chi connectivity index (χ0v) is 10.9. The fourth-order valence-electron chi connectivity index (χ4n) is 1.70. The summed E-state index contributed by atoms with van der Waals surface area (Å²) in [5.74, 6) is 0.499. The molecule has 0 aliphatic heterocycles. The molecule has 0 radical (unpaired) electrons. The molecule has 1 heterocycles. The van der Waals surface area contributed by atoms with Gasteiger partial charge in [-0.05, 0) is 32.4 Å². The maximum atomic E-state index is 11.4. The van der Waals surface area contributed by atoms with Gasteiger partial charge in [0, 0.05) is 18.8 Å². The first-order valence-electron chi connectivity index (χ1n) is 5.91. The van der Waals surface area contributed by atoms with Crippen molar-refractivity contribution in [1.29, 1.82) is 0 Å². The number of anilines is 1. The van der Waals surface area contributed by atoms with E-state index in [2.05, 4.69) is 30.7 Å². The zero-order chi connectivity index (χ0) is 12.8. The first kappa shape index (κ1) is 13.5. The number of ether oxygens (including phenoxy) is 1. The lowest BCUT2D eigenvalue weighted by Gasteiger charge is -2.27. The van der Waals surface area contributed by atoms with E-state index in [1.54, 1.807) is 18.3 Å². The number of hydrogen-bond acceptors (Lipinski definition) is 4. The highest BCUT2D eigenvalue weighted by Gasteiger charge is 2.13. The van der Waals surface area contributed by atoms with Gasteiger partial charge in [0.1, 0.15) is 5.82 Å². The molecule has 4 nitrogen and oxygen atoms in total. The average Bonchev–Trinajstić information content (AvgIpc) is 2.34. The minimum atomic E-state index is -0.325. The molecular weight excluding hydrogens is 216 g/mol. The van der Waals surface area contributed by atoms with Crippen molar-refractivity contribution < 1.29 is 9.53 Å². The van der Waals surface area contributed by atoms with E-state index >= 15 is 0 Å². The number of aromatic nitrogens is 1. The lowest BCUT2D eigenvalue weighted by Crippen LogP contribution is -2.32. The summed E-state index contributed by atoms with van der Waals surface area (Å²) in [6.45, 7) is 7.28. The SMILES string of the molecule is CCCN(c1cc(C(=O)OC)ccn1)C(C)C. The van der Waals surface area contributed by atoms with Crippen molar-refractivity contribution in [1.82, 2.24) is 4.98 Å². The average molecular weight is 236 g/mol. The molecule has 0 unspecified atom stereocenters. The van der Waals surface area contributed by atoms with Crippen molar-refractivity contribution in [3.05, 3.63) is 23.9 Å². The molecule has 94 valence electrons. The van der Waals surface area contributed by atoms with E-state index in [0.29, 0.717) is 11.6 Å². The maximum absolute atomic E-state index is 11.4. The van der Waals surface area contributed by atoms with Gasteiger partial charge in [0.25, 0.3) is 0 Å². The molecule has 0 atom stereocenters. The number of rotatable bonds is 5. The third-order valence-electron chi connectivity index (χ3n) is 2.55. The van der Waals surface area contributed by atoms with Gasteiger partial charge in [0.2, 0.25) is 0 Å². The van der Waals surface area contributed by atoms with Crippen molar-refractivity contribution in [3.63, 3.8) is 0 Å². The summed E-state index contributed by atoms with van der Waals surface area (Å²) in [6, 6.07) is 3.80. The second-order valence-corrected chi connectivity index (χ2v) is 4.18. The molecule has 0 aliphatic carbocycles. The van der Waals surface area contributed by atoms with Crippen LogP contribution in [0.2, 0.25) is 0 Å². The molecular formula is C13H20N2O2. The highest BCUT2D eigenvalue weighted by atomic mass is 16.5. The third kappa shape index (κ3) is 3.44. The van der Waals surface area contributed by atoms with Crippen LogP contribution in [0, 0.1) is 0 Å². The molecule has 0 fully saturated rings. The van der Waals surface area contributed by atoms with Crippen LogP contribution >= 0.6 is 0 Å². The molecule has 1 aromatic heterocycles. The van der Waals surface area contributed by atoms with E-state index in [4.69, 9.17) is 4.74 Å². The topological polar surface area (TPSA) is 42.4 Å². The van der Waals surface area contributed by atoms with E-state index in [0.717, 1.165) is 18.8 Å². The van der Waals surface area contributed by atoms with E-state index in [1.165, 1.54) is 7.11 Å². The fraction of sp³-hybridized carbons (Fsp3) is 0.538. The van der Waals surface area contributed by atoms with E-state index in [1.807, 2.05) is 0 Å². The Kier molecular flexibility index (Phi) is 4.94. The van der Waals surface area contributed by atoms with Crippen LogP contribution in [0.1, 0.15) is 37.6 Å². The van der Waals surface area contributed by atoms with Gasteiger partial charge in [-0.1, -0.05) is 6.92 Å². The first-order valence-corrected chi connectivity index (χ1v) is 5.91. The van der Waals surface area contributed by atoms with Crippen molar-refractivity contribution in [2.45, 2.75) is 33.2 Å². The Bertz CT molecular complexity index is 377. The number of pyridine rings is 1. The van der Waals surface area contributed by atoms with E-state index < -0.39 is 0 Å². The van der Waals surface area contributed by atoms with Gasteiger partial charge >= 0.3 is 5.97 Å². The molecule has 0 saturated heterocycles. The number of methoxy groups -OCH3 is 1. The second kappa shape index (κ2) is 6.23. The molecule has 0 aliphatic rings. The summed E-state index contributed by atoms with van der Waals surface area (Å²) < 4.78 is 4.71. The predicted molar refractivity (Wildman–Crippen MR) is 68.3 cm³/mol. The van der Waals surface area contributed by atoms with Gasteiger partial charge in [-0.2, -0.15) is 0 Å². The number of esters is 1. The van der Waals surface area contributed by atoms with Gasteiger partial charge in [-0.15, -0.1) is 0 Å². The Morgan fingerprint density at radius 1 is 1.53 bits per heavy atom. The van der Waals surface area contributed by atoms with Crippen molar-refractivity contribution in [3.8, 4) is 0 Å². The van der Waals surface area contributed by atoms with Gasteiger partial charge in [0.15, 0.2) is 0 Å². The molecule has 0 aromatic carbocycles. The molecule has 17 heavy (non-hydrogen) atoms. The molecule has 4 heteroatoms. The third-order valence-corrected chi connectivity index (χ3v) is 2.55. The second-order valence-electron chi connectivity index (χ2n) is 4.18. The van der Waals surface area contributed by atoms with Crippen LogP contribution in [0.25, 0.3) is 0 Å². The zero-order valence-electron chi connectivity index (χ0n) is 10.9. The Balaban J connectivity index is 2.99. The molecule has 0 amide bonds. The quantitative estimate of drug-likeness (QED) is 0.737. The van der Waals surface area contributed by atoms with Crippen LogP contribution in [0.5, 0.6) is 0 Å². The van der Waals surface area contributed by atoms with Crippen molar-refractivity contribution >= 4 is 11.8 Å². The van der Waals surface area contributed by atoms with Crippen LogP contribution in [0.3, 0.4) is 0 Å². The summed E-state index contributed by atoms with van der Waals surface area (Å²) in [5, 5.41) is 0. The standard InChI is InChI=1S/C13H20N2O2/c1-5-8-15(10(2)3)12-9-11(6-7-14-12)13(16)17-4/h6-7,9-10H,5,8H2,1-4H3. The van der Waals surface area contributed by atoms with Crippen molar-refractivity contribution in [2.75, 3.05) is 18.6 Å². The number of carbonyl (C=O) groups excluding carboxylic acids is 1. The van der Waals surface area contributed by atoms with Crippen LogP contribution in [0.4, 0.5) is 5.82 Å². The predicted octanol–water partition coefficient (Wildman–Crippen LogP) is 2.49. The summed E-state index contributed by atoms with van der Waals surface area (Å²) in [7, 11) is 1.38. The first-order chi connectivity index (χ1) is 8.10. The number of carbonyl (C=O) groups is 1. The Labute approximate surface area is 103 Å². The molecule has 0 N–H and O–H groups in total. The van der Waals surface area contributed by atoms with Gasteiger partial charge < -0.3 is 9.64 Å². The maximum Gasteiger partial charge on any atom is 0.338 e. The number of hydrogen-bond donors (Lipinski definition) is 0. The highest BCUT2D eigenvalue weighted by molar-refractivity contribution is 5.90.